The van der Waals surface area contributed by atoms with Crippen molar-refractivity contribution >= 4 is 10.2 Å². The van der Waals surface area contributed by atoms with Gasteiger partial charge in [-0.05, 0) is 25.8 Å². The molecule has 0 saturated carbocycles. The minimum absolute atomic E-state index is 0.471. The Kier molecular flexibility index (Phi) is 5.52. The van der Waals surface area contributed by atoms with Gasteiger partial charge in [0.25, 0.3) is 10.2 Å². The van der Waals surface area contributed by atoms with Crippen molar-refractivity contribution < 1.29 is 8.42 Å². The fourth-order valence-electron chi connectivity index (χ4n) is 1.59. The minimum Gasteiger partial charge on any atom is -0.315 e. The Hall–Kier alpha value is -0.170. The van der Waals surface area contributed by atoms with Crippen molar-refractivity contribution in [1.29, 1.82) is 0 Å². The fraction of sp³-hybridized carbons (Fsp3) is 1.00. The van der Waals surface area contributed by atoms with Gasteiger partial charge in [-0.25, -0.2) is 4.72 Å². The van der Waals surface area contributed by atoms with Gasteiger partial charge in [-0.2, -0.15) is 12.7 Å². The van der Waals surface area contributed by atoms with Gasteiger partial charge in [0, 0.05) is 26.2 Å². The maximum absolute atomic E-state index is 11.7. The summed E-state index contributed by atoms with van der Waals surface area (Å²) in [5, 5.41) is 3.15. The summed E-state index contributed by atoms with van der Waals surface area (Å²) in [6.45, 7) is 5.52. The second kappa shape index (κ2) is 6.42. The third kappa shape index (κ3) is 4.46. The van der Waals surface area contributed by atoms with E-state index in [4.69, 9.17) is 0 Å². The average Bonchev–Trinajstić information content (AvgIpc) is 2.70. The molecular weight excluding hydrogens is 214 g/mol. The van der Waals surface area contributed by atoms with Crippen LogP contribution in [-0.4, -0.2) is 45.4 Å². The first-order chi connectivity index (χ1) is 7.17. The first-order valence-corrected chi connectivity index (χ1v) is 7.06. The fourth-order valence-corrected chi connectivity index (χ4v) is 2.87. The molecule has 15 heavy (non-hydrogen) atoms. The van der Waals surface area contributed by atoms with Gasteiger partial charge in [-0.15, -0.1) is 0 Å². The molecule has 90 valence electrons. The van der Waals surface area contributed by atoms with Crippen molar-refractivity contribution in [3.8, 4) is 0 Å². The lowest BCUT2D eigenvalue weighted by molar-refractivity contribution is 0.464. The van der Waals surface area contributed by atoms with Crippen molar-refractivity contribution in [2.75, 3.05) is 32.7 Å². The van der Waals surface area contributed by atoms with Crippen LogP contribution in [-0.2, 0) is 10.2 Å². The molecule has 0 bridgehead atoms. The third-order valence-corrected chi connectivity index (χ3v) is 4.03. The van der Waals surface area contributed by atoms with Crippen molar-refractivity contribution in [2.24, 2.45) is 0 Å². The predicted molar refractivity (Wildman–Crippen MR) is 60.9 cm³/mol. The molecular formula is C9H21N3O2S. The molecule has 5 nitrogen and oxygen atoms in total. The molecule has 1 aliphatic heterocycles. The largest absolute Gasteiger partial charge is 0.315 e. The van der Waals surface area contributed by atoms with Crippen LogP contribution >= 0.6 is 0 Å². The van der Waals surface area contributed by atoms with E-state index < -0.39 is 10.2 Å². The third-order valence-electron chi connectivity index (χ3n) is 2.42. The van der Waals surface area contributed by atoms with E-state index in [9.17, 15) is 8.42 Å². The smallest absolute Gasteiger partial charge is 0.279 e. The molecule has 1 rings (SSSR count). The zero-order chi connectivity index (χ0) is 11.1. The molecule has 2 N–H and O–H groups in total. The first kappa shape index (κ1) is 12.9. The normalized spacial score (nSPS) is 18.5. The predicted octanol–water partition coefficient (Wildman–Crippen LogP) is -0.0838. The average molecular weight is 235 g/mol. The summed E-state index contributed by atoms with van der Waals surface area (Å²) in [6.07, 6.45) is 3.03. The summed E-state index contributed by atoms with van der Waals surface area (Å²) >= 11 is 0. The highest BCUT2D eigenvalue weighted by molar-refractivity contribution is 7.87. The summed E-state index contributed by atoms with van der Waals surface area (Å²) < 4.78 is 27.4. The van der Waals surface area contributed by atoms with E-state index in [0.717, 1.165) is 25.8 Å². The quantitative estimate of drug-likeness (QED) is 0.607. The maximum Gasteiger partial charge on any atom is 0.279 e. The summed E-state index contributed by atoms with van der Waals surface area (Å²) in [5.41, 5.74) is 0. The van der Waals surface area contributed by atoms with Gasteiger partial charge >= 0.3 is 0 Å². The minimum atomic E-state index is -3.20. The van der Waals surface area contributed by atoms with E-state index in [1.165, 1.54) is 4.31 Å². The molecule has 0 aromatic heterocycles. The zero-order valence-electron chi connectivity index (χ0n) is 9.33. The monoisotopic (exact) mass is 235 g/mol. The van der Waals surface area contributed by atoms with Gasteiger partial charge in [-0.3, -0.25) is 0 Å². The molecule has 0 radical (unpaired) electrons. The summed E-state index contributed by atoms with van der Waals surface area (Å²) in [7, 11) is -3.20. The van der Waals surface area contributed by atoms with Gasteiger partial charge in [0.15, 0.2) is 0 Å². The molecule has 0 aromatic rings. The topological polar surface area (TPSA) is 61.4 Å². The van der Waals surface area contributed by atoms with Crippen LogP contribution < -0.4 is 10.0 Å². The van der Waals surface area contributed by atoms with Crippen LogP contribution in [0.4, 0.5) is 0 Å². The molecule has 0 spiro atoms. The van der Waals surface area contributed by atoms with E-state index in [2.05, 4.69) is 17.0 Å². The lowest BCUT2D eigenvalue weighted by Gasteiger charge is -2.16. The molecule has 0 unspecified atom stereocenters. The van der Waals surface area contributed by atoms with Gasteiger partial charge in [0.1, 0.15) is 0 Å². The van der Waals surface area contributed by atoms with E-state index in [0.29, 0.717) is 26.2 Å². The SMILES string of the molecule is CCCNCCNS(=O)(=O)N1CCCC1. The van der Waals surface area contributed by atoms with Crippen molar-refractivity contribution in [2.45, 2.75) is 26.2 Å². The van der Waals surface area contributed by atoms with Gasteiger partial charge in [-0.1, -0.05) is 6.92 Å². The molecule has 1 fully saturated rings. The Balaban J connectivity index is 2.18. The Morgan fingerprint density at radius 2 is 1.80 bits per heavy atom. The number of nitrogens with zero attached hydrogens (tertiary/aromatic N) is 1. The highest BCUT2D eigenvalue weighted by Crippen LogP contribution is 2.10. The molecule has 6 heteroatoms. The Morgan fingerprint density at radius 1 is 1.13 bits per heavy atom. The van der Waals surface area contributed by atoms with Crippen LogP contribution in [0.2, 0.25) is 0 Å². The molecule has 0 aliphatic carbocycles. The number of rotatable bonds is 7. The van der Waals surface area contributed by atoms with Crippen molar-refractivity contribution in [1.82, 2.24) is 14.3 Å². The Labute approximate surface area is 92.4 Å². The first-order valence-electron chi connectivity index (χ1n) is 5.62. The number of hydrogen-bond donors (Lipinski definition) is 2. The number of nitrogens with one attached hydrogen (secondary N) is 2. The lowest BCUT2D eigenvalue weighted by atomic mass is 10.4. The van der Waals surface area contributed by atoms with Gasteiger partial charge < -0.3 is 5.32 Å². The van der Waals surface area contributed by atoms with Crippen LogP contribution in [0, 0.1) is 0 Å². The summed E-state index contributed by atoms with van der Waals surface area (Å²) in [5.74, 6) is 0. The molecule has 0 aromatic carbocycles. The van der Waals surface area contributed by atoms with E-state index >= 15 is 0 Å². The molecule has 1 saturated heterocycles. The van der Waals surface area contributed by atoms with Crippen LogP contribution in [0.5, 0.6) is 0 Å². The van der Waals surface area contributed by atoms with Gasteiger partial charge in [0.2, 0.25) is 0 Å². The highest BCUT2D eigenvalue weighted by Gasteiger charge is 2.24. The van der Waals surface area contributed by atoms with E-state index in [1.807, 2.05) is 0 Å². The maximum atomic E-state index is 11.7. The lowest BCUT2D eigenvalue weighted by Crippen LogP contribution is -2.41. The Morgan fingerprint density at radius 3 is 2.40 bits per heavy atom. The second-order valence-corrected chi connectivity index (χ2v) is 5.51. The van der Waals surface area contributed by atoms with Crippen molar-refractivity contribution in [3.05, 3.63) is 0 Å². The van der Waals surface area contributed by atoms with Crippen LogP contribution in [0.1, 0.15) is 26.2 Å². The second-order valence-electron chi connectivity index (χ2n) is 3.76. The van der Waals surface area contributed by atoms with Crippen molar-refractivity contribution in [3.63, 3.8) is 0 Å². The van der Waals surface area contributed by atoms with E-state index in [-0.39, 0.29) is 0 Å². The van der Waals surface area contributed by atoms with E-state index in [1.54, 1.807) is 0 Å². The highest BCUT2D eigenvalue weighted by atomic mass is 32.2. The molecule has 0 atom stereocenters. The van der Waals surface area contributed by atoms with Crippen LogP contribution in [0.25, 0.3) is 0 Å². The standard InChI is InChI=1S/C9H21N3O2S/c1-2-5-10-6-7-11-15(13,14)12-8-3-4-9-12/h10-11H,2-9H2,1H3. The molecule has 1 aliphatic rings. The van der Waals surface area contributed by atoms with Crippen LogP contribution in [0.3, 0.4) is 0 Å². The zero-order valence-corrected chi connectivity index (χ0v) is 10.1. The molecule has 1 heterocycles. The number of hydrogen-bond acceptors (Lipinski definition) is 3. The van der Waals surface area contributed by atoms with Crippen LogP contribution in [0.15, 0.2) is 0 Å². The summed E-state index contributed by atoms with van der Waals surface area (Å²) in [4.78, 5) is 0. The Bertz CT molecular complexity index is 261. The summed E-state index contributed by atoms with van der Waals surface area (Å²) in [6, 6.07) is 0. The molecule has 0 amide bonds. The van der Waals surface area contributed by atoms with Gasteiger partial charge in [0.05, 0.1) is 0 Å².